The van der Waals surface area contributed by atoms with Crippen LogP contribution in [0.2, 0.25) is 0 Å². The normalized spacial score (nSPS) is 14.4. The second-order valence-electron chi connectivity index (χ2n) is 29.1. The maximum absolute atomic E-state index is 13.1. The van der Waals surface area contributed by atoms with Crippen LogP contribution in [0.5, 0.6) is 0 Å². The third-order valence-electron chi connectivity index (χ3n) is 17.9. The van der Waals surface area contributed by atoms with Gasteiger partial charge in [-0.05, 0) is 49.4 Å². The minimum absolute atomic E-state index is 0.104. The fourth-order valence-electron chi connectivity index (χ4n) is 11.5. The number of phosphoric ester groups is 2. The first-order chi connectivity index (χ1) is 45.6. The molecule has 0 fully saturated rings. The fourth-order valence-corrected chi connectivity index (χ4v) is 13.1. The van der Waals surface area contributed by atoms with Crippen molar-refractivity contribution in [2.75, 3.05) is 39.6 Å². The zero-order valence-corrected chi connectivity index (χ0v) is 64.1. The largest absolute Gasteiger partial charge is 0.472 e. The third-order valence-corrected chi connectivity index (χ3v) is 19.8. The molecule has 0 amide bonds. The van der Waals surface area contributed by atoms with Gasteiger partial charge in [-0.3, -0.25) is 37.3 Å². The van der Waals surface area contributed by atoms with Crippen LogP contribution in [0.25, 0.3) is 0 Å². The number of phosphoric acid groups is 2. The average molecular weight is 1400 g/mol. The summed E-state index contributed by atoms with van der Waals surface area (Å²) in [6.07, 6.45) is 50.2. The number of esters is 4. The topological polar surface area (TPSA) is 237 Å². The maximum atomic E-state index is 13.1. The lowest BCUT2D eigenvalue weighted by molar-refractivity contribution is -0.161. The van der Waals surface area contributed by atoms with Gasteiger partial charge in [-0.2, -0.15) is 0 Å². The molecule has 0 saturated carbocycles. The Morgan fingerprint density at radius 2 is 0.505 bits per heavy atom. The summed E-state index contributed by atoms with van der Waals surface area (Å²) in [7, 11) is -9.91. The number of carbonyl (C=O) groups is 4. The van der Waals surface area contributed by atoms with Gasteiger partial charge in [0.15, 0.2) is 12.2 Å². The van der Waals surface area contributed by atoms with Gasteiger partial charge in [0, 0.05) is 25.7 Å². The molecule has 0 aromatic heterocycles. The van der Waals surface area contributed by atoms with E-state index in [2.05, 4.69) is 55.4 Å². The summed E-state index contributed by atoms with van der Waals surface area (Å²) >= 11 is 0. The average Bonchev–Trinajstić information content (AvgIpc) is 1.18. The number of hydrogen-bond donors (Lipinski definition) is 3. The Balaban J connectivity index is 5.20. The van der Waals surface area contributed by atoms with Gasteiger partial charge in [0.1, 0.15) is 19.3 Å². The third kappa shape index (κ3) is 69.0. The highest BCUT2D eigenvalue weighted by molar-refractivity contribution is 7.47. The Bertz CT molecular complexity index is 1870. The molecule has 0 aliphatic heterocycles. The zero-order chi connectivity index (χ0) is 70.3. The van der Waals surface area contributed by atoms with E-state index in [9.17, 15) is 43.2 Å². The van der Waals surface area contributed by atoms with Crippen LogP contribution in [0.4, 0.5) is 0 Å². The molecular weight excluding hydrogens is 1250 g/mol. The summed E-state index contributed by atoms with van der Waals surface area (Å²) in [6, 6.07) is 0. The molecule has 0 saturated heterocycles. The molecule has 95 heavy (non-hydrogen) atoms. The second-order valence-corrected chi connectivity index (χ2v) is 32.0. The van der Waals surface area contributed by atoms with Crippen molar-refractivity contribution in [1.29, 1.82) is 0 Å². The van der Waals surface area contributed by atoms with E-state index < -0.39 is 97.5 Å². The molecule has 0 bridgehead atoms. The molecule has 0 aliphatic carbocycles. The highest BCUT2D eigenvalue weighted by Crippen LogP contribution is 2.45. The Morgan fingerprint density at radius 3 is 0.747 bits per heavy atom. The van der Waals surface area contributed by atoms with Crippen molar-refractivity contribution in [2.24, 2.45) is 23.7 Å². The molecule has 0 aromatic carbocycles. The molecule has 564 valence electrons. The standard InChI is InChI=1S/C76H148O17P2/c1-9-69(8)55-47-39-30-26-27-31-40-48-56-73(78)86-62-71(92-75(80)58-50-42-32-24-19-17-15-13-11-10-12-14-16-18-22-28-36-44-52-66(2)3)64-90-94(82,83)88-60-70(77)61-89-95(84,85)91-65-72(63-87-74(79)57-49-41-35-34-38-46-54-68(6)7)93-76(81)59-51-43-33-25-21-20-23-29-37-45-53-67(4)5/h66-72,77H,9-65H2,1-8H3,(H,82,83)(H,84,85)/t69?,70-,71-,72-/m1/s1. The van der Waals surface area contributed by atoms with Crippen molar-refractivity contribution in [3.05, 3.63) is 0 Å². The van der Waals surface area contributed by atoms with Gasteiger partial charge in [-0.15, -0.1) is 0 Å². The molecule has 6 atom stereocenters. The van der Waals surface area contributed by atoms with Gasteiger partial charge < -0.3 is 33.8 Å². The van der Waals surface area contributed by atoms with Gasteiger partial charge >= 0.3 is 39.5 Å². The van der Waals surface area contributed by atoms with Crippen LogP contribution in [-0.2, 0) is 65.4 Å². The molecule has 19 heteroatoms. The van der Waals surface area contributed by atoms with Crippen LogP contribution in [0.1, 0.15) is 383 Å². The van der Waals surface area contributed by atoms with Crippen molar-refractivity contribution in [2.45, 2.75) is 401 Å². The predicted octanol–water partition coefficient (Wildman–Crippen LogP) is 22.0. The molecule has 3 unspecified atom stereocenters. The minimum Gasteiger partial charge on any atom is -0.462 e. The van der Waals surface area contributed by atoms with Gasteiger partial charge in [0.25, 0.3) is 0 Å². The maximum Gasteiger partial charge on any atom is 0.472 e. The number of carbonyl (C=O) groups excluding carboxylic acids is 4. The van der Waals surface area contributed by atoms with Crippen LogP contribution in [0.3, 0.4) is 0 Å². The molecule has 0 spiro atoms. The zero-order valence-electron chi connectivity index (χ0n) is 62.3. The number of aliphatic hydroxyl groups is 1. The summed E-state index contributed by atoms with van der Waals surface area (Å²) in [6.45, 7) is 14.1. The smallest absolute Gasteiger partial charge is 0.462 e. The summed E-state index contributed by atoms with van der Waals surface area (Å²) in [5.74, 6) is 0.905. The Hall–Kier alpha value is -1.94. The van der Waals surface area contributed by atoms with E-state index in [-0.39, 0.29) is 25.7 Å². The lowest BCUT2D eigenvalue weighted by Crippen LogP contribution is -2.30. The van der Waals surface area contributed by atoms with E-state index in [1.165, 1.54) is 180 Å². The molecule has 3 N–H and O–H groups in total. The highest BCUT2D eigenvalue weighted by atomic mass is 31.2. The SMILES string of the molecule is CCC(C)CCCCCCCCCCC(=O)OC[C@H](COP(=O)(O)OC[C@@H](O)COP(=O)(O)OC[C@@H](COC(=O)CCCCCCCCC(C)C)OC(=O)CCCCCCCCCCCCC(C)C)OC(=O)CCCCCCCCCCCCCCCCCCCCC(C)C. The van der Waals surface area contributed by atoms with Crippen LogP contribution in [-0.4, -0.2) is 96.7 Å². The van der Waals surface area contributed by atoms with E-state index >= 15 is 0 Å². The van der Waals surface area contributed by atoms with Crippen molar-refractivity contribution < 1.29 is 80.2 Å². The number of aliphatic hydroxyl groups excluding tert-OH is 1. The summed E-state index contributed by atoms with van der Waals surface area (Å²) < 4.78 is 68.5. The molecule has 0 aliphatic rings. The van der Waals surface area contributed by atoms with E-state index in [0.717, 1.165) is 114 Å². The number of rotatable bonds is 73. The van der Waals surface area contributed by atoms with Gasteiger partial charge in [0.05, 0.1) is 26.4 Å². The number of ether oxygens (including phenoxy) is 4. The number of unbranched alkanes of at least 4 members (excludes halogenated alkanes) is 38. The summed E-state index contributed by atoms with van der Waals surface area (Å²) in [4.78, 5) is 72.7. The molecule has 0 radical (unpaired) electrons. The van der Waals surface area contributed by atoms with Crippen LogP contribution in [0, 0.1) is 23.7 Å². The van der Waals surface area contributed by atoms with Crippen LogP contribution in [0.15, 0.2) is 0 Å². The molecular formula is C76H148O17P2. The Kier molecular flexibility index (Phi) is 64.0. The summed E-state index contributed by atoms with van der Waals surface area (Å²) in [5, 5.41) is 10.6. The van der Waals surface area contributed by atoms with Crippen molar-refractivity contribution >= 4 is 39.5 Å². The van der Waals surface area contributed by atoms with Crippen molar-refractivity contribution in [3.63, 3.8) is 0 Å². The minimum atomic E-state index is -4.96. The summed E-state index contributed by atoms with van der Waals surface area (Å²) in [5.41, 5.74) is 0. The molecule has 0 rings (SSSR count). The van der Waals surface area contributed by atoms with Gasteiger partial charge in [-0.1, -0.05) is 331 Å². The van der Waals surface area contributed by atoms with E-state index in [0.29, 0.717) is 31.6 Å². The molecule has 0 heterocycles. The Morgan fingerprint density at radius 1 is 0.295 bits per heavy atom. The lowest BCUT2D eigenvalue weighted by Gasteiger charge is -2.21. The molecule has 17 nitrogen and oxygen atoms in total. The predicted molar refractivity (Wildman–Crippen MR) is 386 cm³/mol. The van der Waals surface area contributed by atoms with E-state index in [1.54, 1.807) is 0 Å². The van der Waals surface area contributed by atoms with Crippen molar-refractivity contribution in [1.82, 2.24) is 0 Å². The first-order valence-electron chi connectivity index (χ1n) is 39.2. The van der Waals surface area contributed by atoms with E-state index in [4.69, 9.17) is 37.0 Å². The van der Waals surface area contributed by atoms with Crippen LogP contribution >= 0.6 is 15.6 Å². The van der Waals surface area contributed by atoms with Gasteiger partial charge in [-0.25, -0.2) is 9.13 Å². The van der Waals surface area contributed by atoms with E-state index in [1.807, 2.05) is 0 Å². The first-order valence-corrected chi connectivity index (χ1v) is 42.2. The lowest BCUT2D eigenvalue weighted by atomic mass is 9.99. The fraction of sp³-hybridized carbons (Fsp3) is 0.947. The quantitative estimate of drug-likeness (QED) is 0.0222. The first kappa shape index (κ1) is 93.1. The second kappa shape index (κ2) is 65.4. The Labute approximate surface area is 581 Å². The number of hydrogen-bond acceptors (Lipinski definition) is 15. The highest BCUT2D eigenvalue weighted by Gasteiger charge is 2.30. The van der Waals surface area contributed by atoms with Crippen LogP contribution < -0.4 is 0 Å². The monoisotopic (exact) mass is 1400 g/mol. The van der Waals surface area contributed by atoms with Gasteiger partial charge in [0.2, 0.25) is 0 Å². The van der Waals surface area contributed by atoms with Crippen molar-refractivity contribution in [3.8, 4) is 0 Å². The molecule has 0 aromatic rings.